The van der Waals surface area contributed by atoms with Crippen molar-refractivity contribution in [3.63, 3.8) is 0 Å². The molecule has 0 saturated carbocycles. The highest BCUT2D eigenvalue weighted by Crippen LogP contribution is 2.16. The van der Waals surface area contributed by atoms with E-state index in [1.165, 1.54) is 5.56 Å². The van der Waals surface area contributed by atoms with Crippen LogP contribution in [0, 0.1) is 0 Å². The number of carbonyl (C=O) groups is 1. The summed E-state index contributed by atoms with van der Waals surface area (Å²) in [6.07, 6.45) is 1.76. The van der Waals surface area contributed by atoms with Crippen molar-refractivity contribution in [2.75, 3.05) is 0 Å². The quantitative estimate of drug-likeness (QED) is 0.779. The van der Waals surface area contributed by atoms with Crippen LogP contribution in [-0.4, -0.2) is 10.8 Å². The molecule has 2 aromatic rings. The Morgan fingerprint density at radius 2 is 1.81 bits per heavy atom. The van der Waals surface area contributed by atoms with Crippen LogP contribution in [0.15, 0.2) is 42.6 Å². The summed E-state index contributed by atoms with van der Waals surface area (Å²) in [5, 5.41) is 0. The number of hydrogen-bond acceptors (Lipinski definition) is 1. The van der Waals surface area contributed by atoms with Gasteiger partial charge in [-0.15, -0.1) is 0 Å². The Balaban J connectivity index is 2.25. The minimum atomic E-state index is 0.0420. The molecule has 1 N–H and O–H groups in total. The number of rotatable bonds is 3. The molecule has 0 spiro atoms. The van der Waals surface area contributed by atoms with E-state index in [-0.39, 0.29) is 5.78 Å². The van der Waals surface area contributed by atoms with Crippen molar-refractivity contribution < 1.29 is 4.79 Å². The Labute approximate surface area is 95.3 Å². The van der Waals surface area contributed by atoms with Crippen molar-refractivity contribution in [3.8, 4) is 0 Å². The summed E-state index contributed by atoms with van der Waals surface area (Å²) < 4.78 is 0. The van der Waals surface area contributed by atoms with Gasteiger partial charge in [-0.1, -0.05) is 38.1 Å². The molecule has 1 heterocycles. The van der Waals surface area contributed by atoms with Gasteiger partial charge in [0.25, 0.3) is 0 Å². The Morgan fingerprint density at radius 3 is 2.31 bits per heavy atom. The molecule has 0 aliphatic rings. The summed E-state index contributed by atoms with van der Waals surface area (Å²) in [6, 6.07) is 11.4. The standard InChI is InChI=1S/C14H15NO/c1-10(2)11-5-7-12(8-6-11)14(16)13-4-3-9-15-13/h3-10,15H,1-2H3. The van der Waals surface area contributed by atoms with Crippen molar-refractivity contribution >= 4 is 5.78 Å². The molecule has 0 amide bonds. The lowest BCUT2D eigenvalue weighted by atomic mass is 10.00. The number of carbonyl (C=O) groups excluding carboxylic acids is 1. The predicted octanol–water partition coefficient (Wildman–Crippen LogP) is 3.37. The minimum absolute atomic E-state index is 0.0420. The third-order valence-electron chi connectivity index (χ3n) is 2.68. The van der Waals surface area contributed by atoms with Gasteiger partial charge >= 0.3 is 0 Å². The van der Waals surface area contributed by atoms with E-state index in [1.807, 2.05) is 30.3 Å². The molecule has 16 heavy (non-hydrogen) atoms. The molecular weight excluding hydrogens is 198 g/mol. The normalized spacial score (nSPS) is 10.7. The van der Waals surface area contributed by atoms with Crippen LogP contribution in [0.3, 0.4) is 0 Å². The van der Waals surface area contributed by atoms with E-state index in [0.717, 1.165) is 5.56 Å². The molecule has 0 aliphatic heterocycles. The van der Waals surface area contributed by atoms with Gasteiger partial charge in [0.1, 0.15) is 0 Å². The molecule has 0 saturated heterocycles. The average Bonchev–Trinajstić information content (AvgIpc) is 2.81. The molecule has 0 radical (unpaired) electrons. The first-order valence-corrected chi connectivity index (χ1v) is 5.46. The maximum Gasteiger partial charge on any atom is 0.209 e. The first kappa shape index (κ1) is 10.7. The SMILES string of the molecule is CC(C)c1ccc(C(=O)c2ccc[nH]2)cc1. The molecule has 0 unspecified atom stereocenters. The van der Waals surface area contributed by atoms with E-state index in [2.05, 4.69) is 18.8 Å². The Morgan fingerprint density at radius 1 is 1.12 bits per heavy atom. The molecule has 1 aromatic carbocycles. The van der Waals surface area contributed by atoms with Crippen molar-refractivity contribution in [2.45, 2.75) is 19.8 Å². The molecule has 2 rings (SSSR count). The smallest absolute Gasteiger partial charge is 0.209 e. The second kappa shape index (κ2) is 4.35. The summed E-state index contributed by atoms with van der Waals surface area (Å²) >= 11 is 0. The summed E-state index contributed by atoms with van der Waals surface area (Å²) in [7, 11) is 0. The van der Waals surface area contributed by atoms with E-state index < -0.39 is 0 Å². The van der Waals surface area contributed by atoms with Gasteiger partial charge in [-0.2, -0.15) is 0 Å². The maximum absolute atomic E-state index is 12.0. The van der Waals surface area contributed by atoms with Crippen LogP contribution in [0.1, 0.15) is 41.4 Å². The lowest BCUT2D eigenvalue weighted by Gasteiger charge is -2.05. The zero-order valence-electron chi connectivity index (χ0n) is 9.53. The van der Waals surface area contributed by atoms with Gasteiger partial charge in [0.2, 0.25) is 5.78 Å². The topological polar surface area (TPSA) is 32.9 Å². The fourth-order valence-electron chi connectivity index (χ4n) is 1.65. The van der Waals surface area contributed by atoms with Gasteiger partial charge in [-0.05, 0) is 23.6 Å². The highest BCUT2D eigenvalue weighted by atomic mass is 16.1. The largest absolute Gasteiger partial charge is 0.359 e. The van der Waals surface area contributed by atoms with Crippen LogP contribution in [0.5, 0.6) is 0 Å². The highest BCUT2D eigenvalue weighted by Gasteiger charge is 2.09. The monoisotopic (exact) mass is 213 g/mol. The lowest BCUT2D eigenvalue weighted by molar-refractivity contribution is 0.103. The Hall–Kier alpha value is -1.83. The summed E-state index contributed by atoms with van der Waals surface area (Å²) in [6.45, 7) is 4.28. The first-order valence-electron chi connectivity index (χ1n) is 5.46. The predicted molar refractivity (Wildman–Crippen MR) is 64.8 cm³/mol. The number of aromatic nitrogens is 1. The molecule has 1 aromatic heterocycles. The molecule has 2 heteroatoms. The fourth-order valence-corrected chi connectivity index (χ4v) is 1.65. The number of benzene rings is 1. The summed E-state index contributed by atoms with van der Waals surface area (Å²) in [5.74, 6) is 0.537. The second-order valence-electron chi connectivity index (χ2n) is 4.19. The summed E-state index contributed by atoms with van der Waals surface area (Å²) in [4.78, 5) is 14.9. The molecule has 0 atom stereocenters. The molecular formula is C14H15NO. The number of ketones is 1. The third-order valence-corrected chi connectivity index (χ3v) is 2.68. The summed E-state index contributed by atoms with van der Waals surface area (Å²) in [5.41, 5.74) is 2.62. The minimum Gasteiger partial charge on any atom is -0.359 e. The van der Waals surface area contributed by atoms with Crippen molar-refractivity contribution in [1.82, 2.24) is 4.98 Å². The van der Waals surface area contributed by atoms with Gasteiger partial charge in [-0.25, -0.2) is 0 Å². The van der Waals surface area contributed by atoms with Gasteiger partial charge in [-0.3, -0.25) is 4.79 Å². The highest BCUT2D eigenvalue weighted by molar-refractivity contribution is 6.07. The molecule has 2 nitrogen and oxygen atoms in total. The van der Waals surface area contributed by atoms with Crippen LogP contribution >= 0.6 is 0 Å². The van der Waals surface area contributed by atoms with E-state index in [9.17, 15) is 4.79 Å². The zero-order valence-corrected chi connectivity index (χ0v) is 9.53. The third kappa shape index (κ3) is 2.06. The van der Waals surface area contributed by atoms with Crippen molar-refractivity contribution in [3.05, 3.63) is 59.4 Å². The van der Waals surface area contributed by atoms with Gasteiger partial charge in [0, 0.05) is 11.8 Å². The number of H-pyrrole nitrogens is 1. The zero-order chi connectivity index (χ0) is 11.5. The van der Waals surface area contributed by atoms with Crippen molar-refractivity contribution in [2.24, 2.45) is 0 Å². The van der Waals surface area contributed by atoms with Crippen LogP contribution in [0.2, 0.25) is 0 Å². The van der Waals surface area contributed by atoms with Crippen LogP contribution in [0.25, 0.3) is 0 Å². The number of hydrogen-bond donors (Lipinski definition) is 1. The molecule has 82 valence electrons. The lowest BCUT2D eigenvalue weighted by Crippen LogP contribution is -2.01. The molecule has 0 bridgehead atoms. The van der Waals surface area contributed by atoms with E-state index in [0.29, 0.717) is 11.6 Å². The van der Waals surface area contributed by atoms with E-state index >= 15 is 0 Å². The molecule has 0 aliphatic carbocycles. The van der Waals surface area contributed by atoms with Gasteiger partial charge < -0.3 is 4.98 Å². The molecule has 0 fully saturated rings. The van der Waals surface area contributed by atoms with E-state index in [1.54, 1.807) is 12.3 Å². The average molecular weight is 213 g/mol. The van der Waals surface area contributed by atoms with Crippen LogP contribution in [0.4, 0.5) is 0 Å². The van der Waals surface area contributed by atoms with E-state index in [4.69, 9.17) is 0 Å². The van der Waals surface area contributed by atoms with Crippen LogP contribution in [-0.2, 0) is 0 Å². The first-order chi connectivity index (χ1) is 7.68. The van der Waals surface area contributed by atoms with Gasteiger partial charge in [0.15, 0.2) is 0 Å². The number of nitrogens with one attached hydrogen (secondary N) is 1. The van der Waals surface area contributed by atoms with Crippen molar-refractivity contribution in [1.29, 1.82) is 0 Å². The van der Waals surface area contributed by atoms with Gasteiger partial charge in [0.05, 0.1) is 5.69 Å². The maximum atomic E-state index is 12.0. The van der Waals surface area contributed by atoms with Crippen LogP contribution < -0.4 is 0 Å². The number of aromatic amines is 1. The Kier molecular flexibility index (Phi) is 2.91. The Bertz CT molecular complexity index is 466. The second-order valence-corrected chi connectivity index (χ2v) is 4.19. The fraction of sp³-hybridized carbons (Fsp3) is 0.214.